The molecule has 0 saturated carbocycles. The predicted molar refractivity (Wildman–Crippen MR) is 132 cm³/mol. The van der Waals surface area contributed by atoms with Crippen LogP contribution in [0.4, 0.5) is 4.39 Å². The molecular weight excluding hydrogens is 445 g/mol. The lowest BCUT2D eigenvalue weighted by Crippen LogP contribution is -2.31. The number of hydrogen-bond donors (Lipinski definition) is 1. The second kappa shape index (κ2) is 9.02. The Balaban J connectivity index is 1.63. The van der Waals surface area contributed by atoms with E-state index >= 15 is 0 Å². The molecule has 0 unspecified atom stereocenters. The van der Waals surface area contributed by atoms with E-state index in [1.165, 1.54) is 12.1 Å². The first-order chi connectivity index (χ1) is 16.9. The monoisotopic (exact) mass is 467 g/mol. The highest BCUT2D eigenvalue weighted by atomic mass is 19.1. The number of nitrogens with zero attached hydrogens (tertiary/aromatic N) is 2. The van der Waals surface area contributed by atoms with Crippen molar-refractivity contribution in [2.75, 3.05) is 0 Å². The van der Waals surface area contributed by atoms with Crippen molar-refractivity contribution in [3.63, 3.8) is 0 Å². The first-order valence-corrected chi connectivity index (χ1v) is 11.1. The molecule has 1 N–H and O–H groups in total. The Morgan fingerprint density at radius 1 is 1.06 bits per heavy atom. The summed E-state index contributed by atoms with van der Waals surface area (Å²) in [7, 11) is 1.80. The maximum Gasteiger partial charge on any atom is 0.255 e. The van der Waals surface area contributed by atoms with Crippen LogP contribution in [0.1, 0.15) is 33.4 Å². The molecule has 5 rings (SSSR count). The van der Waals surface area contributed by atoms with E-state index in [0.717, 1.165) is 5.56 Å². The lowest BCUT2D eigenvalue weighted by molar-refractivity contribution is 0.0941. The zero-order chi connectivity index (χ0) is 24.5. The van der Waals surface area contributed by atoms with Crippen molar-refractivity contribution < 1.29 is 13.6 Å². The number of hydrogen-bond acceptors (Lipinski definition) is 4. The Morgan fingerprint density at radius 3 is 2.54 bits per heavy atom. The Bertz CT molecular complexity index is 1610. The summed E-state index contributed by atoms with van der Waals surface area (Å²) in [6.45, 7) is 1.71. The number of fused-ring (bicyclic) bond motifs is 1. The van der Waals surface area contributed by atoms with Gasteiger partial charge in [0.15, 0.2) is 11.0 Å². The van der Waals surface area contributed by atoms with Crippen molar-refractivity contribution in [1.29, 1.82) is 0 Å². The van der Waals surface area contributed by atoms with Gasteiger partial charge in [0.1, 0.15) is 23.4 Å². The van der Waals surface area contributed by atoms with Crippen LogP contribution >= 0.6 is 0 Å². The summed E-state index contributed by atoms with van der Waals surface area (Å²) < 4.78 is 22.0. The molecule has 0 spiro atoms. The van der Waals surface area contributed by atoms with Crippen molar-refractivity contribution >= 4 is 16.9 Å². The van der Waals surface area contributed by atoms with Gasteiger partial charge in [0.2, 0.25) is 0 Å². The van der Waals surface area contributed by atoms with Crippen LogP contribution in [0, 0.1) is 12.7 Å². The Labute approximate surface area is 200 Å². The molecule has 7 heteroatoms. The molecule has 0 aliphatic carbocycles. The molecule has 1 atom stereocenters. The highest BCUT2D eigenvalue weighted by Crippen LogP contribution is 2.28. The molecule has 35 heavy (non-hydrogen) atoms. The number of halogens is 1. The van der Waals surface area contributed by atoms with Crippen molar-refractivity contribution in [3.05, 3.63) is 124 Å². The van der Waals surface area contributed by atoms with E-state index in [4.69, 9.17) is 4.42 Å². The van der Waals surface area contributed by atoms with Crippen LogP contribution in [-0.2, 0) is 7.05 Å². The molecule has 5 aromatic rings. The number of nitrogens with one attached hydrogen (secondary N) is 1. The normalized spacial score (nSPS) is 12.0. The Hall–Kier alpha value is -4.52. The number of benzene rings is 3. The minimum Gasteiger partial charge on any atom is -0.455 e. The molecule has 0 saturated heterocycles. The van der Waals surface area contributed by atoms with Gasteiger partial charge in [0, 0.05) is 30.6 Å². The van der Waals surface area contributed by atoms with Gasteiger partial charge in [-0.05, 0) is 36.8 Å². The minimum atomic E-state index is -0.723. The molecule has 0 bridgehead atoms. The minimum absolute atomic E-state index is 0.192. The van der Waals surface area contributed by atoms with Crippen molar-refractivity contribution in [2.45, 2.75) is 13.0 Å². The summed E-state index contributed by atoms with van der Waals surface area (Å²) in [6.07, 6.45) is 3.36. The number of carbonyl (C=O) groups excluding carboxylic acids is 1. The molecule has 0 aliphatic rings. The number of carbonyl (C=O) groups is 1. The lowest BCUT2D eigenvalue weighted by atomic mass is 10.0. The van der Waals surface area contributed by atoms with E-state index in [9.17, 15) is 14.0 Å². The molecule has 2 heterocycles. The zero-order valence-corrected chi connectivity index (χ0v) is 19.2. The average Bonchev–Trinajstić information content (AvgIpc) is 3.30. The van der Waals surface area contributed by atoms with Gasteiger partial charge in [-0.3, -0.25) is 9.59 Å². The SMILES string of the molecule is Cc1c(-c2ccccc2)oc2c(C(=O)N[C@H](c3cccc(F)c3)c3nccn3C)cccc2c1=O. The lowest BCUT2D eigenvalue weighted by Gasteiger charge is -2.20. The molecule has 3 aromatic carbocycles. The van der Waals surface area contributed by atoms with Crippen LogP contribution in [-0.4, -0.2) is 15.5 Å². The highest BCUT2D eigenvalue weighted by Gasteiger charge is 2.24. The molecule has 0 aliphatic heterocycles. The fourth-order valence-corrected chi connectivity index (χ4v) is 4.20. The first kappa shape index (κ1) is 22.3. The van der Waals surface area contributed by atoms with Gasteiger partial charge in [-0.2, -0.15) is 0 Å². The first-order valence-electron chi connectivity index (χ1n) is 11.1. The third-order valence-electron chi connectivity index (χ3n) is 6.00. The summed E-state index contributed by atoms with van der Waals surface area (Å²) in [6, 6.07) is 19.5. The van der Waals surface area contributed by atoms with Crippen LogP contribution in [0.15, 0.2) is 94.4 Å². The van der Waals surface area contributed by atoms with E-state index in [-0.39, 0.29) is 16.6 Å². The Morgan fingerprint density at radius 2 is 1.83 bits per heavy atom. The quantitative estimate of drug-likeness (QED) is 0.387. The number of amides is 1. The number of imidazole rings is 1. The van der Waals surface area contributed by atoms with Crippen molar-refractivity contribution in [1.82, 2.24) is 14.9 Å². The maximum atomic E-state index is 14.0. The van der Waals surface area contributed by atoms with Gasteiger partial charge >= 0.3 is 0 Å². The van der Waals surface area contributed by atoms with Gasteiger partial charge in [-0.15, -0.1) is 0 Å². The van der Waals surface area contributed by atoms with Crippen LogP contribution in [0.5, 0.6) is 0 Å². The van der Waals surface area contributed by atoms with Gasteiger partial charge < -0.3 is 14.3 Å². The fourth-order valence-electron chi connectivity index (χ4n) is 4.20. The molecule has 1 amide bonds. The van der Waals surface area contributed by atoms with Crippen LogP contribution in [0.25, 0.3) is 22.3 Å². The van der Waals surface area contributed by atoms with E-state index in [1.54, 1.807) is 61.3 Å². The third kappa shape index (κ3) is 4.12. The van der Waals surface area contributed by atoms with Crippen LogP contribution in [0.2, 0.25) is 0 Å². The van der Waals surface area contributed by atoms with Gasteiger partial charge in [0.05, 0.1) is 10.9 Å². The third-order valence-corrected chi connectivity index (χ3v) is 6.00. The maximum absolute atomic E-state index is 14.0. The Kier molecular flexibility index (Phi) is 5.74. The van der Waals surface area contributed by atoms with Gasteiger partial charge in [-0.1, -0.05) is 48.5 Å². The molecule has 6 nitrogen and oxygen atoms in total. The van der Waals surface area contributed by atoms with E-state index in [2.05, 4.69) is 10.3 Å². The standard InChI is InChI=1S/C28H22FN3O3/c1-17-24(33)21-12-7-13-22(26(21)35-25(17)18-8-4-3-5-9-18)28(34)31-23(27-30-14-15-32(27)2)19-10-6-11-20(29)16-19/h3-16,23H,1-2H3,(H,31,34)/t23-/m1/s1. The summed E-state index contributed by atoms with van der Waals surface area (Å²) in [5, 5.41) is 3.27. The topological polar surface area (TPSA) is 77.1 Å². The van der Waals surface area contributed by atoms with Crippen LogP contribution < -0.4 is 10.7 Å². The summed E-state index contributed by atoms with van der Waals surface area (Å²) in [4.78, 5) is 31.1. The molecule has 174 valence electrons. The number of para-hydroxylation sites is 1. The summed E-state index contributed by atoms with van der Waals surface area (Å²) >= 11 is 0. The zero-order valence-electron chi connectivity index (χ0n) is 19.2. The van der Waals surface area contributed by atoms with Crippen LogP contribution in [0.3, 0.4) is 0 Å². The second-order valence-electron chi connectivity index (χ2n) is 8.29. The summed E-state index contributed by atoms with van der Waals surface area (Å²) in [5.41, 5.74) is 1.93. The smallest absolute Gasteiger partial charge is 0.255 e. The second-order valence-corrected chi connectivity index (χ2v) is 8.29. The molecule has 0 fully saturated rings. The van der Waals surface area contributed by atoms with E-state index < -0.39 is 17.8 Å². The molecule has 0 radical (unpaired) electrons. The average molecular weight is 468 g/mol. The number of aryl methyl sites for hydroxylation is 1. The summed E-state index contributed by atoms with van der Waals surface area (Å²) in [5.74, 6) is 0.0505. The number of rotatable bonds is 5. The van der Waals surface area contributed by atoms with Gasteiger partial charge in [0.25, 0.3) is 5.91 Å². The molecule has 2 aromatic heterocycles. The largest absolute Gasteiger partial charge is 0.455 e. The van der Waals surface area contributed by atoms with E-state index in [0.29, 0.717) is 28.1 Å². The number of aromatic nitrogens is 2. The highest BCUT2D eigenvalue weighted by molar-refractivity contribution is 6.05. The van der Waals surface area contributed by atoms with Crippen molar-refractivity contribution in [2.24, 2.45) is 7.05 Å². The van der Waals surface area contributed by atoms with Gasteiger partial charge in [-0.25, -0.2) is 9.37 Å². The van der Waals surface area contributed by atoms with E-state index in [1.807, 2.05) is 30.3 Å². The van der Waals surface area contributed by atoms with Crippen molar-refractivity contribution in [3.8, 4) is 11.3 Å². The fraction of sp³-hybridized carbons (Fsp3) is 0.107. The predicted octanol–water partition coefficient (Wildman–Crippen LogP) is 5.16. The molecular formula is C28H22FN3O3.